The molecule has 1 aliphatic rings. The first-order valence-electron chi connectivity index (χ1n) is 7.32. The van der Waals surface area contributed by atoms with E-state index in [2.05, 4.69) is 20.8 Å². The number of benzene rings is 1. The molecule has 136 valence electrons. The van der Waals surface area contributed by atoms with Crippen LogP contribution < -0.4 is 15.4 Å². The first-order valence-corrected chi connectivity index (χ1v) is 8.14. The predicted molar refractivity (Wildman–Crippen MR) is 92.9 cm³/mol. The molecule has 10 heteroatoms. The molecule has 0 saturated carbocycles. The molecule has 1 saturated heterocycles. The maximum Gasteiger partial charge on any atom is 0.262 e. The van der Waals surface area contributed by atoms with Crippen LogP contribution in [0.5, 0.6) is 5.75 Å². The van der Waals surface area contributed by atoms with E-state index in [4.69, 9.17) is 4.74 Å². The number of rotatable bonds is 5. The molecule has 3 rings (SSSR count). The number of hydrogen-bond acceptors (Lipinski definition) is 6. The summed E-state index contributed by atoms with van der Waals surface area (Å²) in [6.45, 7) is -0.484. The van der Waals surface area contributed by atoms with E-state index in [9.17, 15) is 13.6 Å². The summed E-state index contributed by atoms with van der Waals surface area (Å²) in [5.74, 6) is -2.62. The second-order valence-corrected chi connectivity index (χ2v) is 6.57. The lowest BCUT2D eigenvalue weighted by Crippen LogP contribution is -2.35. The van der Waals surface area contributed by atoms with Crippen molar-refractivity contribution >= 4 is 34.8 Å². The highest BCUT2D eigenvalue weighted by atomic mass is 35.5. The summed E-state index contributed by atoms with van der Waals surface area (Å²) in [6.07, 6.45) is 0.0405. The van der Waals surface area contributed by atoms with Gasteiger partial charge in [0.15, 0.2) is 0 Å². The molecule has 1 amide bonds. The number of amides is 1. The van der Waals surface area contributed by atoms with Crippen molar-refractivity contribution in [3.05, 3.63) is 34.8 Å². The molecule has 1 atom stereocenters. The molecule has 1 aromatic carbocycles. The topological polar surface area (TPSA) is 76.1 Å². The third-order valence-corrected chi connectivity index (χ3v) is 4.45. The number of alkyl halides is 2. The standard InChI is InChI=1S/C15H16F2N4O2S.ClH/c1-23-10-4-2-3-9(5-10)6-12-20-21-14(24-12)19-13(22)11-7-15(16,17)8-18-11;/h2-5,11,18H,6-8H2,1H3,(H,19,21,22);1H. The molecule has 0 spiro atoms. The number of anilines is 1. The number of nitrogens with one attached hydrogen (secondary N) is 2. The molecule has 1 aliphatic heterocycles. The second kappa shape index (κ2) is 8.03. The minimum absolute atomic E-state index is 0. The Hall–Kier alpha value is -1.84. The number of halogens is 3. The smallest absolute Gasteiger partial charge is 0.262 e. The number of carbonyl (C=O) groups excluding carboxylic acids is 1. The number of hydrogen-bond donors (Lipinski definition) is 2. The lowest BCUT2D eigenvalue weighted by Gasteiger charge is -2.08. The number of ether oxygens (including phenoxy) is 1. The van der Waals surface area contributed by atoms with Gasteiger partial charge in [0.2, 0.25) is 11.0 Å². The van der Waals surface area contributed by atoms with Crippen LogP contribution in [0.1, 0.15) is 17.0 Å². The van der Waals surface area contributed by atoms with Gasteiger partial charge in [-0.2, -0.15) is 0 Å². The van der Waals surface area contributed by atoms with Crippen LogP contribution in [-0.2, 0) is 11.2 Å². The van der Waals surface area contributed by atoms with Crippen molar-refractivity contribution in [1.29, 1.82) is 0 Å². The minimum atomic E-state index is -2.85. The Morgan fingerprint density at radius 2 is 2.28 bits per heavy atom. The zero-order valence-corrected chi connectivity index (χ0v) is 14.9. The summed E-state index contributed by atoms with van der Waals surface area (Å²) in [5, 5.41) is 14.0. The van der Waals surface area contributed by atoms with E-state index in [1.54, 1.807) is 7.11 Å². The van der Waals surface area contributed by atoms with Gasteiger partial charge in [-0.15, -0.1) is 22.6 Å². The van der Waals surface area contributed by atoms with Crippen molar-refractivity contribution in [3.63, 3.8) is 0 Å². The quantitative estimate of drug-likeness (QED) is 0.820. The minimum Gasteiger partial charge on any atom is -0.497 e. The summed E-state index contributed by atoms with van der Waals surface area (Å²) < 4.78 is 31.4. The van der Waals surface area contributed by atoms with Gasteiger partial charge in [-0.1, -0.05) is 23.5 Å². The fraction of sp³-hybridized carbons (Fsp3) is 0.400. The molecular weight excluding hydrogens is 374 g/mol. The van der Waals surface area contributed by atoms with Gasteiger partial charge in [-0.25, -0.2) is 8.78 Å². The van der Waals surface area contributed by atoms with Crippen molar-refractivity contribution in [2.45, 2.75) is 24.8 Å². The Bertz CT molecular complexity index is 744. The molecule has 1 unspecified atom stereocenters. The average Bonchev–Trinajstić information content (AvgIpc) is 3.13. The van der Waals surface area contributed by atoms with Crippen molar-refractivity contribution in [2.75, 3.05) is 19.0 Å². The van der Waals surface area contributed by atoms with Gasteiger partial charge in [0, 0.05) is 12.8 Å². The highest BCUT2D eigenvalue weighted by Crippen LogP contribution is 2.26. The Labute approximate surface area is 153 Å². The molecule has 2 aromatic rings. The monoisotopic (exact) mass is 390 g/mol. The molecule has 6 nitrogen and oxygen atoms in total. The lowest BCUT2D eigenvalue weighted by molar-refractivity contribution is -0.118. The highest BCUT2D eigenvalue weighted by Gasteiger charge is 2.42. The van der Waals surface area contributed by atoms with Crippen LogP contribution in [0.15, 0.2) is 24.3 Å². The van der Waals surface area contributed by atoms with E-state index >= 15 is 0 Å². The first-order chi connectivity index (χ1) is 11.4. The van der Waals surface area contributed by atoms with E-state index in [1.165, 1.54) is 11.3 Å². The average molecular weight is 391 g/mol. The summed E-state index contributed by atoms with van der Waals surface area (Å²) in [4.78, 5) is 12.0. The van der Waals surface area contributed by atoms with Crippen LogP contribution in [0.3, 0.4) is 0 Å². The van der Waals surface area contributed by atoms with Crippen molar-refractivity contribution < 1.29 is 18.3 Å². The normalized spacial score (nSPS) is 18.4. The molecule has 1 aromatic heterocycles. The maximum absolute atomic E-state index is 13.1. The number of carbonyl (C=O) groups is 1. The van der Waals surface area contributed by atoms with Gasteiger partial charge in [0.05, 0.1) is 19.7 Å². The van der Waals surface area contributed by atoms with E-state index in [0.29, 0.717) is 16.6 Å². The third-order valence-electron chi connectivity index (χ3n) is 3.61. The van der Waals surface area contributed by atoms with Gasteiger partial charge in [0.25, 0.3) is 5.92 Å². The van der Waals surface area contributed by atoms with Gasteiger partial charge >= 0.3 is 0 Å². The van der Waals surface area contributed by atoms with Gasteiger partial charge < -0.3 is 4.74 Å². The van der Waals surface area contributed by atoms with Gasteiger partial charge in [-0.3, -0.25) is 15.4 Å². The molecule has 0 bridgehead atoms. The maximum atomic E-state index is 13.1. The molecule has 2 N–H and O–H groups in total. The molecule has 2 heterocycles. The van der Waals surface area contributed by atoms with Crippen LogP contribution in [0, 0.1) is 0 Å². The number of nitrogens with zero attached hydrogens (tertiary/aromatic N) is 2. The zero-order chi connectivity index (χ0) is 17.2. The van der Waals surface area contributed by atoms with E-state index in [0.717, 1.165) is 11.3 Å². The second-order valence-electron chi connectivity index (χ2n) is 5.51. The summed E-state index contributed by atoms with van der Waals surface area (Å²) >= 11 is 1.22. The third kappa shape index (κ3) is 5.07. The van der Waals surface area contributed by atoms with E-state index < -0.39 is 30.8 Å². The molecular formula is C15H17ClF2N4O2S. The molecule has 0 radical (unpaired) electrons. The fourth-order valence-corrected chi connectivity index (χ4v) is 3.20. The SMILES string of the molecule is COc1cccc(Cc2nnc(NC(=O)C3CC(F)(F)CN3)s2)c1.Cl. The van der Waals surface area contributed by atoms with Crippen LogP contribution in [0.2, 0.25) is 0 Å². The summed E-state index contributed by atoms with van der Waals surface area (Å²) in [7, 11) is 1.60. The van der Waals surface area contributed by atoms with Crippen LogP contribution in [0.4, 0.5) is 13.9 Å². The molecule has 25 heavy (non-hydrogen) atoms. The van der Waals surface area contributed by atoms with Crippen molar-refractivity contribution in [3.8, 4) is 5.75 Å². The van der Waals surface area contributed by atoms with Crippen LogP contribution in [0.25, 0.3) is 0 Å². The molecule has 1 fully saturated rings. The zero-order valence-electron chi connectivity index (χ0n) is 13.3. The van der Waals surface area contributed by atoms with E-state index in [1.807, 2.05) is 24.3 Å². The van der Waals surface area contributed by atoms with Gasteiger partial charge in [0.1, 0.15) is 10.8 Å². The summed E-state index contributed by atoms with van der Waals surface area (Å²) in [5.41, 5.74) is 1.00. The summed E-state index contributed by atoms with van der Waals surface area (Å²) in [6, 6.07) is 6.64. The Kier molecular flexibility index (Phi) is 6.26. The number of aromatic nitrogens is 2. The van der Waals surface area contributed by atoms with Gasteiger partial charge in [-0.05, 0) is 17.7 Å². The van der Waals surface area contributed by atoms with Crippen LogP contribution in [-0.4, -0.2) is 41.7 Å². The Morgan fingerprint density at radius 1 is 1.48 bits per heavy atom. The van der Waals surface area contributed by atoms with Crippen LogP contribution >= 0.6 is 23.7 Å². The Balaban J connectivity index is 0.00000225. The Morgan fingerprint density at radius 3 is 2.96 bits per heavy atom. The van der Waals surface area contributed by atoms with Crippen molar-refractivity contribution in [2.24, 2.45) is 0 Å². The lowest BCUT2D eigenvalue weighted by atomic mass is 10.1. The number of methoxy groups -OCH3 is 1. The van der Waals surface area contributed by atoms with E-state index in [-0.39, 0.29) is 12.4 Å². The first kappa shape index (κ1) is 19.5. The largest absolute Gasteiger partial charge is 0.497 e. The highest BCUT2D eigenvalue weighted by molar-refractivity contribution is 7.15. The fourth-order valence-electron chi connectivity index (χ4n) is 2.43. The predicted octanol–water partition coefficient (Wildman–Crippen LogP) is 2.50. The molecule has 0 aliphatic carbocycles. The van der Waals surface area contributed by atoms with Crippen molar-refractivity contribution in [1.82, 2.24) is 15.5 Å².